The van der Waals surface area contributed by atoms with Crippen LogP contribution in [0.3, 0.4) is 0 Å². The second-order valence-electron chi connectivity index (χ2n) is 6.65. The molecule has 3 aromatic carbocycles. The highest BCUT2D eigenvalue weighted by Gasteiger charge is 2.09. The van der Waals surface area contributed by atoms with Gasteiger partial charge in [0.15, 0.2) is 11.5 Å². The minimum atomic E-state index is -0.404. The van der Waals surface area contributed by atoms with Crippen LogP contribution >= 0.6 is 0 Å². The molecule has 1 N–H and O–H groups in total. The van der Waals surface area contributed by atoms with Crippen LogP contribution in [0.5, 0.6) is 11.5 Å². The van der Waals surface area contributed by atoms with Crippen molar-refractivity contribution in [3.05, 3.63) is 93.5 Å². The normalized spacial score (nSPS) is 10.4. The Morgan fingerprint density at radius 2 is 1.69 bits per heavy atom. The maximum atomic E-state index is 10.9. The Balaban J connectivity index is 1.67. The molecule has 0 aliphatic heterocycles. The molecule has 0 unspecified atom stereocenters. The fourth-order valence-corrected chi connectivity index (χ4v) is 2.83. The van der Waals surface area contributed by atoms with Gasteiger partial charge in [0, 0.05) is 24.4 Å². The number of anilines is 1. The van der Waals surface area contributed by atoms with Crippen LogP contribution in [0.1, 0.15) is 23.6 Å². The molecule has 3 rings (SSSR count). The number of nitro benzene ring substituents is 1. The second-order valence-corrected chi connectivity index (χ2v) is 6.65. The first-order valence-corrected chi connectivity index (χ1v) is 9.47. The molecule has 0 fully saturated rings. The molecule has 0 spiro atoms. The predicted octanol–water partition coefficient (Wildman–Crippen LogP) is 5.49. The van der Waals surface area contributed by atoms with Gasteiger partial charge in [-0.3, -0.25) is 10.1 Å². The van der Waals surface area contributed by atoms with E-state index < -0.39 is 4.92 Å². The minimum Gasteiger partial charge on any atom is -0.490 e. The first-order valence-electron chi connectivity index (χ1n) is 9.47. The highest BCUT2D eigenvalue weighted by molar-refractivity contribution is 5.52. The van der Waals surface area contributed by atoms with Crippen LogP contribution in [-0.2, 0) is 13.2 Å². The summed E-state index contributed by atoms with van der Waals surface area (Å²) in [5.74, 6) is 1.37. The van der Waals surface area contributed by atoms with Crippen LogP contribution in [-0.4, -0.2) is 11.5 Å². The molecule has 0 amide bonds. The van der Waals surface area contributed by atoms with Crippen molar-refractivity contribution in [2.75, 3.05) is 11.9 Å². The fourth-order valence-electron chi connectivity index (χ4n) is 2.83. The summed E-state index contributed by atoms with van der Waals surface area (Å²) in [5.41, 5.74) is 4.04. The Bertz CT molecular complexity index is 971. The Morgan fingerprint density at radius 3 is 2.41 bits per heavy atom. The van der Waals surface area contributed by atoms with E-state index in [0.29, 0.717) is 36.9 Å². The third kappa shape index (κ3) is 5.72. The molecular weight excluding hydrogens is 368 g/mol. The molecule has 6 nitrogen and oxygen atoms in total. The van der Waals surface area contributed by atoms with Crippen LogP contribution in [0, 0.1) is 17.0 Å². The monoisotopic (exact) mass is 392 g/mol. The quantitative estimate of drug-likeness (QED) is 0.385. The minimum absolute atomic E-state index is 0.0601. The maximum Gasteiger partial charge on any atom is 0.271 e. The summed E-state index contributed by atoms with van der Waals surface area (Å²) in [5, 5.41) is 14.1. The van der Waals surface area contributed by atoms with Crippen molar-refractivity contribution < 1.29 is 14.4 Å². The van der Waals surface area contributed by atoms with Crippen molar-refractivity contribution in [2.45, 2.75) is 27.0 Å². The van der Waals surface area contributed by atoms with Crippen molar-refractivity contribution in [1.82, 2.24) is 0 Å². The van der Waals surface area contributed by atoms with E-state index in [1.165, 1.54) is 17.7 Å². The lowest BCUT2D eigenvalue weighted by Gasteiger charge is -2.14. The van der Waals surface area contributed by atoms with Crippen molar-refractivity contribution in [1.29, 1.82) is 0 Å². The van der Waals surface area contributed by atoms with Gasteiger partial charge in [0.25, 0.3) is 5.69 Å². The Morgan fingerprint density at radius 1 is 0.931 bits per heavy atom. The molecule has 0 aromatic heterocycles. The lowest BCUT2D eigenvalue weighted by Crippen LogP contribution is -2.03. The van der Waals surface area contributed by atoms with Crippen LogP contribution in [0.4, 0.5) is 11.4 Å². The van der Waals surface area contributed by atoms with E-state index >= 15 is 0 Å². The molecule has 0 heterocycles. The van der Waals surface area contributed by atoms with E-state index in [4.69, 9.17) is 9.47 Å². The zero-order valence-electron chi connectivity index (χ0n) is 16.6. The summed E-state index contributed by atoms with van der Waals surface area (Å²) >= 11 is 0. The molecule has 6 heteroatoms. The van der Waals surface area contributed by atoms with Crippen LogP contribution in [0.25, 0.3) is 0 Å². The molecular formula is C23H24N2O4. The standard InChI is InChI=1S/C23H24N2O4/c1-3-28-23-13-19(15-24-20-5-4-6-21(14-20)25(26)27)11-12-22(23)29-16-18-9-7-17(2)8-10-18/h4-14,24H,3,15-16H2,1-2H3. The number of ether oxygens (including phenoxy) is 2. The Kier molecular flexibility index (Phi) is 6.68. The first-order chi connectivity index (χ1) is 14.0. The van der Waals surface area contributed by atoms with Gasteiger partial charge in [-0.25, -0.2) is 0 Å². The number of nitro groups is 1. The topological polar surface area (TPSA) is 73.6 Å². The van der Waals surface area contributed by atoms with Gasteiger partial charge in [-0.1, -0.05) is 42.0 Å². The number of non-ortho nitro benzene ring substituents is 1. The van der Waals surface area contributed by atoms with E-state index in [-0.39, 0.29) is 5.69 Å². The molecule has 0 aliphatic carbocycles. The smallest absolute Gasteiger partial charge is 0.271 e. The summed E-state index contributed by atoms with van der Waals surface area (Å²) in [6, 6.07) is 20.4. The number of hydrogen-bond donors (Lipinski definition) is 1. The lowest BCUT2D eigenvalue weighted by molar-refractivity contribution is -0.384. The van der Waals surface area contributed by atoms with Crippen LogP contribution in [0.15, 0.2) is 66.7 Å². The average Bonchev–Trinajstić information content (AvgIpc) is 2.73. The first kappa shape index (κ1) is 20.2. The van der Waals surface area contributed by atoms with Gasteiger partial charge in [0.05, 0.1) is 11.5 Å². The van der Waals surface area contributed by atoms with E-state index in [1.54, 1.807) is 12.1 Å². The van der Waals surface area contributed by atoms with Crippen LogP contribution in [0.2, 0.25) is 0 Å². The molecule has 150 valence electrons. The molecule has 3 aromatic rings. The third-order valence-electron chi connectivity index (χ3n) is 4.38. The second kappa shape index (κ2) is 9.59. The summed E-state index contributed by atoms with van der Waals surface area (Å²) in [6.07, 6.45) is 0. The fraction of sp³-hybridized carbons (Fsp3) is 0.217. The van der Waals surface area contributed by atoms with Gasteiger partial charge >= 0.3 is 0 Å². The van der Waals surface area contributed by atoms with Gasteiger partial charge < -0.3 is 14.8 Å². The Labute approximate surface area is 170 Å². The highest BCUT2D eigenvalue weighted by atomic mass is 16.6. The number of hydrogen-bond acceptors (Lipinski definition) is 5. The molecule has 0 atom stereocenters. The average molecular weight is 392 g/mol. The molecule has 0 radical (unpaired) electrons. The van der Waals surface area contributed by atoms with E-state index in [9.17, 15) is 10.1 Å². The molecule has 0 bridgehead atoms. The van der Waals surface area contributed by atoms with Crippen molar-refractivity contribution in [3.63, 3.8) is 0 Å². The number of nitrogens with one attached hydrogen (secondary N) is 1. The number of nitrogens with zero attached hydrogens (tertiary/aromatic N) is 1. The zero-order valence-corrected chi connectivity index (χ0v) is 16.6. The van der Waals surface area contributed by atoms with E-state index in [1.807, 2.05) is 37.3 Å². The van der Waals surface area contributed by atoms with Crippen molar-refractivity contribution in [3.8, 4) is 11.5 Å². The highest BCUT2D eigenvalue weighted by Crippen LogP contribution is 2.30. The van der Waals surface area contributed by atoms with Gasteiger partial charge in [0.2, 0.25) is 0 Å². The van der Waals surface area contributed by atoms with E-state index in [2.05, 4.69) is 24.4 Å². The lowest BCUT2D eigenvalue weighted by atomic mass is 10.1. The van der Waals surface area contributed by atoms with Gasteiger partial charge in [-0.2, -0.15) is 0 Å². The van der Waals surface area contributed by atoms with Gasteiger partial charge in [0.1, 0.15) is 6.61 Å². The summed E-state index contributed by atoms with van der Waals surface area (Å²) in [6.45, 7) is 5.49. The van der Waals surface area contributed by atoms with E-state index in [0.717, 1.165) is 11.1 Å². The maximum absolute atomic E-state index is 10.9. The predicted molar refractivity (Wildman–Crippen MR) is 114 cm³/mol. The SMILES string of the molecule is CCOc1cc(CNc2cccc([N+](=O)[O-])c2)ccc1OCc1ccc(C)cc1. The van der Waals surface area contributed by atoms with Gasteiger partial charge in [-0.05, 0) is 43.2 Å². The summed E-state index contributed by atoms with van der Waals surface area (Å²) in [4.78, 5) is 10.5. The largest absolute Gasteiger partial charge is 0.490 e. The molecule has 0 aliphatic rings. The number of aryl methyl sites for hydroxylation is 1. The summed E-state index contributed by atoms with van der Waals surface area (Å²) < 4.78 is 11.7. The molecule has 0 saturated carbocycles. The Hall–Kier alpha value is -3.54. The van der Waals surface area contributed by atoms with Crippen LogP contribution < -0.4 is 14.8 Å². The van der Waals surface area contributed by atoms with Gasteiger partial charge in [-0.15, -0.1) is 0 Å². The third-order valence-corrected chi connectivity index (χ3v) is 4.38. The van der Waals surface area contributed by atoms with Crippen molar-refractivity contribution in [2.24, 2.45) is 0 Å². The molecule has 29 heavy (non-hydrogen) atoms. The zero-order chi connectivity index (χ0) is 20.6. The number of rotatable bonds is 9. The number of benzene rings is 3. The molecule has 0 saturated heterocycles. The van der Waals surface area contributed by atoms with Crippen molar-refractivity contribution >= 4 is 11.4 Å². The summed E-state index contributed by atoms with van der Waals surface area (Å²) in [7, 11) is 0.